The minimum absolute atomic E-state index is 0.0735. The maximum absolute atomic E-state index is 11.2. The smallest absolute Gasteiger partial charge is 0.191 e. The van der Waals surface area contributed by atoms with Crippen molar-refractivity contribution in [1.29, 1.82) is 0 Å². The molecule has 1 aliphatic heterocycles. The topological polar surface area (TPSA) is 75.8 Å². The van der Waals surface area contributed by atoms with Gasteiger partial charge in [0, 0.05) is 30.9 Å². The molecule has 0 aliphatic carbocycles. The first kappa shape index (κ1) is 16.2. The van der Waals surface area contributed by atoms with E-state index in [1.54, 1.807) is 0 Å². The summed E-state index contributed by atoms with van der Waals surface area (Å²) in [5, 5.41) is 0. The molecule has 0 radical (unpaired) electrons. The van der Waals surface area contributed by atoms with Crippen molar-refractivity contribution in [1.82, 2.24) is 4.90 Å². The molecule has 116 valence electrons. The Labute approximate surface area is 130 Å². The maximum atomic E-state index is 11.2. The van der Waals surface area contributed by atoms with Gasteiger partial charge in [0.1, 0.15) is 0 Å². The van der Waals surface area contributed by atoms with Crippen molar-refractivity contribution in [2.45, 2.75) is 12.3 Å². The van der Waals surface area contributed by atoms with Gasteiger partial charge in [-0.2, -0.15) is 11.8 Å². The summed E-state index contributed by atoms with van der Waals surface area (Å²) in [6.45, 7) is 2.43. The number of rotatable bonds is 4. The Kier molecular flexibility index (Phi) is 5.52. The number of benzene rings is 1. The van der Waals surface area contributed by atoms with Gasteiger partial charge in [0.2, 0.25) is 0 Å². The van der Waals surface area contributed by atoms with Gasteiger partial charge >= 0.3 is 0 Å². The number of sulfone groups is 1. The van der Waals surface area contributed by atoms with Gasteiger partial charge in [0.25, 0.3) is 0 Å². The number of thioether (sulfide) groups is 1. The van der Waals surface area contributed by atoms with Crippen molar-refractivity contribution < 1.29 is 8.42 Å². The molecule has 0 aromatic heterocycles. The van der Waals surface area contributed by atoms with E-state index >= 15 is 0 Å². The third kappa shape index (κ3) is 5.59. The first-order valence-electron chi connectivity index (χ1n) is 6.82. The highest BCUT2D eigenvalue weighted by atomic mass is 32.2. The molecule has 0 atom stereocenters. The highest BCUT2D eigenvalue weighted by Crippen LogP contribution is 2.11. The maximum Gasteiger partial charge on any atom is 0.191 e. The summed E-state index contributed by atoms with van der Waals surface area (Å²) in [5.74, 6) is 2.85. The summed E-state index contributed by atoms with van der Waals surface area (Å²) in [7, 11) is -2.99. The van der Waals surface area contributed by atoms with E-state index in [0.29, 0.717) is 12.5 Å². The van der Waals surface area contributed by atoms with Crippen LogP contribution in [-0.4, -0.2) is 50.1 Å². The molecular formula is C14H21N3O2S2. The first-order chi connectivity index (χ1) is 9.94. The molecular weight excluding hydrogens is 306 g/mol. The van der Waals surface area contributed by atoms with Crippen LogP contribution in [0.4, 0.5) is 0 Å². The summed E-state index contributed by atoms with van der Waals surface area (Å²) in [5.41, 5.74) is 7.82. The highest BCUT2D eigenvalue weighted by molar-refractivity contribution is 7.99. The van der Waals surface area contributed by atoms with Crippen LogP contribution in [0.1, 0.15) is 11.1 Å². The molecule has 1 saturated heterocycles. The van der Waals surface area contributed by atoms with E-state index in [4.69, 9.17) is 5.73 Å². The molecule has 0 saturated carbocycles. The molecule has 7 heteroatoms. The third-order valence-corrected chi connectivity index (χ3v) is 5.01. The Morgan fingerprint density at radius 1 is 1.24 bits per heavy atom. The third-order valence-electron chi connectivity index (χ3n) is 3.21. The monoisotopic (exact) mass is 327 g/mol. The van der Waals surface area contributed by atoms with Gasteiger partial charge in [-0.25, -0.2) is 13.4 Å². The molecule has 21 heavy (non-hydrogen) atoms. The van der Waals surface area contributed by atoms with Gasteiger partial charge in [-0.05, 0) is 11.1 Å². The predicted octanol–water partition coefficient (Wildman–Crippen LogP) is 1.09. The van der Waals surface area contributed by atoms with Crippen molar-refractivity contribution in [3.8, 4) is 0 Å². The van der Waals surface area contributed by atoms with E-state index in [-0.39, 0.29) is 5.75 Å². The van der Waals surface area contributed by atoms with E-state index in [2.05, 4.69) is 9.89 Å². The Morgan fingerprint density at radius 3 is 2.38 bits per heavy atom. The van der Waals surface area contributed by atoms with Crippen LogP contribution in [0.2, 0.25) is 0 Å². The van der Waals surface area contributed by atoms with Gasteiger partial charge in [-0.15, -0.1) is 0 Å². The Balaban J connectivity index is 1.93. The number of aliphatic imine (C=N–C) groups is 1. The zero-order chi connectivity index (χ0) is 15.3. The normalized spacial score (nSPS) is 17.0. The fourth-order valence-corrected chi connectivity index (χ4v) is 3.81. The molecule has 2 N–H and O–H groups in total. The molecule has 1 aromatic rings. The van der Waals surface area contributed by atoms with Crippen molar-refractivity contribution >= 4 is 27.6 Å². The van der Waals surface area contributed by atoms with Crippen molar-refractivity contribution in [2.24, 2.45) is 10.7 Å². The van der Waals surface area contributed by atoms with E-state index in [1.807, 2.05) is 36.0 Å². The van der Waals surface area contributed by atoms with Crippen LogP contribution in [0.25, 0.3) is 0 Å². The van der Waals surface area contributed by atoms with Crippen LogP contribution in [0.3, 0.4) is 0 Å². The molecule has 2 rings (SSSR count). The quantitative estimate of drug-likeness (QED) is 0.662. The average Bonchev–Trinajstić information content (AvgIpc) is 2.45. The lowest BCUT2D eigenvalue weighted by Gasteiger charge is -2.27. The second kappa shape index (κ2) is 7.17. The van der Waals surface area contributed by atoms with Crippen LogP contribution in [0.15, 0.2) is 29.3 Å². The number of nitrogens with two attached hydrogens (primary N) is 1. The van der Waals surface area contributed by atoms with Crippen LogP contribution in [0, 0.1) is 0 Å². The van der Waals surface area contributed by atoms with Crippen LogP contribution in [0.5, 0.6) is 0 Å². The van der Waals surface area contributed by atoms with Crippen LogP contribution < -0.4 is 5.73 Å². The van der Waals surface area contributed by atoms with E-state index in [1.165, 1.54) is 6.26 Å². The molecule has 0 amide bonds. The summed E-state index contributed by atoms with van der Waals surface area (Å²) in [6.07, 6.45) is 1.24. The van der Waals surface area contributed by atoms with Gasteiger partial charge < -0.3 is 10.6 Å². The van der Waals surface area contributed by atoms with Crippen molar-refractivity contribution in [3.63, 3.8) is 0 Å². The summed E-state index contributed by atoms with van der Waals surface area (Å²) in [4.78, 5) is 6.52. The second-order valence-electron chi connectivity index (χ2n) is 5.16. The average molecular weight is 327 g/mol. The molecule has 1 aromatic carbocycles. The number of hydrogen-bond acceptors (Lipinski definition) is 4. The van der Waals surface area contributed by atoms with E-state index in [0.717, 1.165) is 35.7 Å². The van der Waals surface area contributed by atoms with Crippen LogP contribution in [-0.2, 0) is 22.1 Å². The van der Waals surface area contributed by atoms with Gasteiger partial charge in [0.05, 0.1) is 12.3 Å². The predicted molar refractivity (Wildman–Crippen MR) is 89.2 cm³/mol. The zero-order valence-electron chi connectivity index (χ0n) is 12.2. The minimum Gasteiger partial charge on any atom is -0.370 e. The molecule has 0 spiro atoms. The lowest BCUT2D eigenvalue weighted by atomic mass is 10.1. The Morgan fingerprint density at radius 2 is 1.81 bits per heavy atom. The Bertz CT molecular complexity index is 591. The molecule has 1 heterocycles. The van der Waals surface area contributed by atoms with Crippen molar-refractivity contribution in [3.05, 3.63) is 35.4 Å². The lowest BCUT2D eigenvalue weighted by Crippen LogP contribution is -2.42. The zero-order valence-corrected chi connectivity index (χ0v) is 13.8. The van der Waals surface area contributed by atoms with E-state index < -0.39 is 9.84 Å². The van der Waals surface area contributed by atoms with Gasteiger partial charge in [-0.1, -0.05) is 24.3 Å². The van der Waals surface area contributed by atoms with Gasteiger partial charge in [0.15, 0.2) is 15.8 Å². The fourth-order valence-electron chi connectivity index (χ4n) is 2.11. The summed E-state index contributed by atoms with van der Waals surface area (Å²) in [6, 6.07) is 7.48. The molecule has 1 fully saturated rings. The first-order valence-corrected chi connectivity index (χ1v) is 10.0. The Hall–Kier alpha value is -1.21. The molecule has 1 aliphatic rings. The lowest BCUT2D eigenvalue weighted by molar-refractivity contribution is 0.455. The van der Waals surface area contributed by atoms with Crippen LogP contribution >= 0.6 is 11.8 Å². The number of guanidine groups is 1. The fraction of sp³-hybridized carbons (Fsp3) is 0.500. The van der Waals surface area contributed by atoms with Gasteiger partial charge in [-0.3, -0.25) is 0 Å². The molecule has 5 nitrogen and oxygen atoms in total. The minimum atomic E-state index is -2.99. The summed E-state index contributed by atoms with van der Waals surface area (Å²) < 4.78 is 22.5. The number of hydrogen-bond donors (Lipinski definition) is 1. The largest absolute Gasteiger partial charge is 0.370 e. The molecule has 0 bridgehead atoms. The SMILES string of the molecule is CS(=O)(=O)Cc1ccc(CN=C(N)N2CCSCC2)cc1. The van der Waals surface area contributed by atoms with Crippen molar-refractivity contribution in [2.75, 3.05) is 30.9 Å². The summed E-state index contributed by atoms with van der Waals surface area (Å²) >= 11 is 1.94. The highest BCUT2D eigenvalue weighted by Gasteiger charge is 2.11. The van der Waals surface area contributed by atoms with E-state index in [9.17, 15) is 8.42 Å². The standard InChI is InChI=1S/C14H21N3O2S2/c1-21(18,19)11-13-4-2-12(3-5-13)10-16-14(15)17-6-8-20-9-7-17/h2-5H,6-11H2,1H3,(H2,15,16). The number of nitrogens with zero attached hydrogens (tertiary/aromatic N) is 2. The molecule has 0 unspecified atom stereocenters. The second-order valence-corrected chi connectivity index (χ2v) is 8.53.